The summed E-state index contributed by atoms with van der Waals surface area (Å²) in [6, 6.07) is 11.3. The molecule has 0 unspecified atom stereocenters. The maximum atomic E-state index is 11.9. The molecule has 10 nitrogen and oxygen atoms in total. The summed E-state index contributed by atoms with van der Waals surface area (Å²) in [5, 5.41) is 15.4. The Morgan fingerprint density at radius 1 is 1.19 bits per heavy atom. The number of hydrogen-bond donors (Lipinski definition) is 3. The van der Waals surface area contributed by atoms with Gasteiger partial charge in [0.05, 0.1) is 10.7 Å². The van der Waals surface area contributed by atoms with Gasteiger partial charge in [-0.25, -0.2) is 9.97 Å². The van der Waals surface area contributed by atoms with Crippen molar-refractivity contribution in [1.82, 2.24) is 30.0 Å². The van der Waals surface area contributed by atoms with Crippen molar-refractivity contribution in [2.45, 2.75) is 25.5 Å². The highest BCUT2D eigenvalue weighted by Gasteiger charge is 2.23. The Balaban J connectivity index is 1.29. The first-order valence-electron chi connectivity index (χ1n) is 11.6. The van der Waals surface area contributed by atoms with Crippen LogP contribution in [0.4, 0.5) is 17.3 Å². The maximum Gasteiger partial charge on any atom is 0.245 e. The minimum Gasteiger partial charge on any atom is -0.486 e. The van der Waals surface area contributed by atoms with Crippen molar-refractivity contribution in [1.29, 1.82) is 0 Å². The molecule has 0 aliphatic carbocycles. The highest BCUT2D eigenvalue weighted by atomic mass is 35.5. The number of aromatic nitrogens is 5. The number of likely N-dealkylation sites (tertiary alicyclic amines) is 1. The summed E-state index contributed by atoms with van der Waals surface area (Å²) in [6.45, 7) is 5.22. The van der Waals surface area contributed by atoms with Gasteiger partial charge in [0.25, 0.3) is 0 Å². The van der Waals surface area contributed by atoms with Gasteiger partial charge >= 0.3 is 0 Å². The Morgan fingerprint density at radius 2 is 2.06 bits per heavy atom. The van der Waals surface area contributed by atoms with Gasteiger partial charge in [-0.3, -0.25) is 14.9 Å². The first kappa shape index (κ1) is 23.6. The molecule has 1 aliphatic rings. The zero-order valence-electron chi connectivity index (χ0n) is 19.4. The number of halogens is 1. The van der Waals surface area contributed by atoms with Crippen LogP contribution < -0.4 is 15.4 Å². The molecule has 1 amide bonds. The van der Waals surface area contributed by atoms with E-state index in [1.165, 1.54) is 12.4 Å². The standard InChI is InChI=1S/C25H25ClN8O2/c1-2-21(35)34-11-8-16(9-12-34)30-25-22-23(28-15-29-24(22)32-33-25)31-17-6-7-20(19(26)13-17)36-14-18-5-3-4-10-27-18/h2-7,10,13,15-16H,1,8-9,11-12,14H2,(H3,28,29,30,31,32,33). The lowest BCUT2D eigenvalue weighted by atomic mass is 10.0. The molecule has 3 N–H and O–H groups in total. The molecule has 4 aromatic rings. The number of hydrogen-bond acceptors (Lipinski definition) is 8. The van der Waals surface area contributed by atoms with Crippen LogP contribution in [0.2, 0.25) is 5.02 Å². The molecular formula is C25H25ClN8O2. The Hall–Kier alpha value is -4.18. The van der Waals surface area contributed by atoms with Crippen LogP contribution in [-0.2, 0) is 11.4 Å². The number of carbonyl (C=O) groups is 1. The van der Waals surface area contributed by atoms with Crippen LogP contribution in [0.3, 0.4) is 0 Å². The zero-order chi connectivity index (χ0) is 24.9. The second-order valence-electron chi connectivity index (χ2n) is 8.35. The van der Waals surface area contributed by atoms with Gasteiger partial charge in [0.15, 0.2) is 11.5 Å². The van der Waals surface area contributed by atoms with Crippen molar-refractivity contribution < 1.29 is 9.53 Å². The molecule has 0 atom stereocenters. The predicted octanol–water partition coefficient (Wildman–Crippen LogP) is 4.31. The number of ether oxygens (including phenoxy) is 1. The third-order valence-corrected chi connectivity index (χ3v) is 6.27. The molecule has 1 aromatic carbocycles. The average Bonchev–Trinajstić information content (AvgIpc) is 3.32. The van der Waals surface area contributed by atoms with E-state index < -0.39 is 0 Å². The summed E-state index contributed by atoms with van der Waals surface area (Å²) in [5.74, 6) is 1.77. The number of carbonyl (C=O) groups excluding carboxylic acids is 1. The fourth-order valence-corrected chi connectivity index (χ4v) is 4.33. The van der Waals surface area contributed by atoms with E-state index in [9.17, 15) is 4.79 Å². The number of fused-ring (bicyclic) bond motifs is 1. The number of pyridine rings is 1. The number of amides is 1. The van der Waals surface area contributed by atoms with E-state index in [1.807, 2.05) is 24.3 Å². The largest absolute Gasteiger partial charge is 0.486 e. The first-order chi connectivity index (χ1) is 17.6. The number of nitrogens with one attached hydrogen (secondary N) is 3. The summed E-state index contributed by atoms with van der Waals surface area (Å²) in [5.41, 5.74) is 2.17. The number of benzene rings is 1. The number of H-pyrrole nitrogens is 1. The molecule has 184 valence electrons. The van der Waals surface area contributed by atoms with Gasteiger partial charge in [-0.05, 0) is 49.2 Å². The van der Waals surface area contributed by atoms with Crippen LogP contribution in [-0.4, -0.2) is 55.1 Å². The van der Waals surface area contributed by atoms with Gasteiger partial charge in [0.1, 0.15) is 29.9 Å². The lowest BCUT2D eigenvalue weighted by Crippen LogP contribution is -2.41. The summed E-state index contributed by atoms with van der Waals surface area (Å²) >= 11 is 6.48. The second kappa shape index (κ2) is 10.6. The molecule has 0 spiro atoms. The van der Waals surface area contributed by atoms with Gasteiger partial charge < -0.3 is 20.3 Å². The van der Waals surface area contributed by atoms with E-state index in [1.54, 1.807) is 23.2 Å². The van der Waals surface area contributed by atoms with Crippen molar-refractivity contribution in [3.63, 3.8) is 0 Å². The van der Waals surface area contributed by atoms with Crippen LogP contribution in [0.1, 0.15) is 18.5 Å². The van der Waals surface area contributed by atoms with Crippen LogP contribution in [0, 0.1) is 0 Å². The lowest BCUT2D eigenvalue weighted by molar-refractivity contribution is -0.126. The molecule has 5 rings (SSSR count). The maximum absolute atomic E-state index is 11.9. The normalized spacial score (nSPS) is 14.0. The number of nitrogens with zero attached hydrogens (tertiary/aromatic N) is 5. The average molecular weight is 505 g/mol. The number of piperidine rings is 1. The van der Waals surface area contributed by atoms with Crippen molar-refractivity contribution in [3.8, 4) is 5.75 Å². The monoisotopic (exact) mass is 504 g/mol. The van der Waals surface area contributed by atoms with E-state index in [2.05, 4.69) is 42.4 Å². The van der Waals surface area contributed by atoms with E-state index in [-0.39, 0.29) is 11.9 Å². The van der Waals surface area contributed by atoms with Crippen LogP contribution >= 0.6 is 11.6 Å². The molecule has 1 saturated heterocycles. The van der Waals surface area contributed by atoms with Gasteiger partial charge in [-0.2, -0.15) is 5.10 Å². The molecule has 11 heteroatoms. The molecule has 36 heavy (non-hydrogen) atoms. The molecule has 1 fully saturated rings. The third kappa shape index (κ3) is 5.23. The summed E-state index contributed by atoms with van der Waals surface area (Å²) in [4.78, 5) is 26.7. The Labute approximate surface area is 212 Å². The highest BCUT2D eigenvalue weighted by Crippen LogP contribution is 2.33. The van der Waals surface area contributed by atoms with E-state index in [4.69, 9.17) is 16.3 Å². The Bertz CT molecular complexity index is 1370. The van der Waals surface area contributed by atoms with E-state index in [0.29, 0.717) is 47.8 Å². The summed E-state index contributed by atoms with van der Waals surface area (Å²) < 4.78 is 5.82. The predicted molar refractivity (Wildman–Crippen MR) is 138 cm³/mol. The van der Waals surface area contributed by atoms with Gasteiger partial charge in [0.2, 0.25) is 5.91 Å². The molecule has 0 bridgehead atoms. The van der Waals surface area contributed by atoms with Crippen molar-refractivity contribution >= 4 is 45.9 Å². The smallest absolute Gasteiger partial charge is 0.245 e. The lowest BCUT2D eigenvalue weighted by Gasteiger charge is -2.31. The van der Waals surface area contributed by atoms with Crippen LogP contribution in [0.15, 0.2) is 61.6 Å². The quantitative estimate of drug-likeness (QED) is 0.303. The Kier molecular flexibility index (Phi) is 6.94. The highest BCUT2D eigenvalue weighted by molar-refractivity contribution is 6.32. The van der Waals surface area contributed by atoms with Crippen molar-refractivity contribution in [3.05, 3.63) is 72.3 Å². The molecule has 3 aromatic heterocycles. The molecular weight excluding hydrogens is 480 g/mol. The van der Waals surface area contributed by atoms with Crippen LogP contribution in [0.5, 0.6) is 5.75 Å². The fraction of sp³-hybridized carbons (Fsp3) is 0.240. The fourth-order valence-electron chi connectivity index (χ4n) is 4.09. The third-order valence-electron chi connectivity index (χ3n) is 5.98. The van der Waals surface area contributed by atoms with Gasteiger partial charge in [-0.1, -0.05) is 24.2 Å². The van der Waals surface area contributed by atoms with Crippen molar-refractivity contribution in [2.24, 2.45) is 0 Å². The molecule has 0 radical (unpaired) electrons. The topological polar surface area (TPSA) is 121 Å². The number of rotatable bonds is 8. The van der Waals surface area contributed by atoms with Gasteiger partial charge in [0, 0.05) is 31.0 Å². The molecule has 0 saturated carbocycles. The zero-order valence-corrected chi connectivity index (χ0v) is 20.2. The second-order valence-corrected chi connectivity index (χ2v) is 8.75. The number of aromatic amines is 1. The number of anilines is 3. The molecule has 1 aliphatic heterocycles. The van der Waals surface area contributed by atoms with E-state index >= 15 is 0 Å². The van der Waals surface area contributed by atoms with Crippen molar-refractivity contribution in [2.75, 3.05) is 23.7 Å². The van der Waals surface area contributed by atoms with Crippen LogP contribution in [0.25, 0.3) is 11.0 Å². The minimum atomic E-state index is -0.0367. The first-order valence-corrected chi connectivity index (χ1v) is 11.9. The van der Waals surface area contributed by atoms with Gasteiger partial charge in [-0.15, -0.1) is 0 Å². The minimum absolute atomic E-state index is 0.0367. The van der Waals surface area contributed by atoms with E-state index in [0.717, 1.165) is 29.6 Å². The Morgan fingerprint density at radius 3 is 2.81 bits per heavy atom. The summed E-state index contributed by atoms with van der Waals surface area (Å²) in [6.07, 6.45) is 6.16. The molecule has 4 heterocycles. The summed E-state index contributed by atoms with van der Waals surface area (Å²) in [7, 11) is 0. The SMILES string of the molecule is C=CC(=O)N1CCC(Nc2n[nH]c3ncnc(Nc4ccc(OCc5ccccn5)c(Cl)c4)c23)CC1.